The minimum absolute atomic E-state index is 0.00835. The molecule has 0 aliphatic carbocycles. The molecule has 1 aliphatic heterocycles. The van der Waals surface area contributed by atoms with Crippen LogP contribution in [-0.2, 0) is 25.5 Å². The number of nitrogens with zero attached hydrogens (tertiary/aromatic N) is 1. The van der Waals surface area contributed by atoms with Gasteiger partial charge >= 0.3 is 11.9 Å². The third-order valence-corrected chi connectivity index (χ3v) is 4.82. The van der Waals surface area contributed by atoms with Gasteiger partial charge in [-0.15, -0.1) is 0 Å². The van der Waals surface area contributed by atoms with Crippen LogP contribution >= 0.6 is 0 Å². The Morgan fingerprint density at radius 2 is 1.66 bits per heavy atom. The molecule has 1 heterocycles. The molecule has 0 saturated carbocycles. The molecule has 0 spiro atoms. The summed E-state index contributed by atoms with van der Waals surface area (Å²) in [5.74, 6) is -1.62. The Balaban J connectivity index is 1.85. The van der Waals surface area contributed by atoms with Gasteiger partial charge in [0.05, 0.1) is 19.8 Å². The Bertz CT molecular complexity index is 1090. The van der Waals surface area contributed by atoms with E-state index in [0.29, 0.717) is 24.2 Å². The van der Waals surface area contributed by atoms with Gasteiger partial charge in [-0.05, 0) is 42.3 Å². The van der Waals surface area contributed by atoms with E-state index in [4.69, 9.17) is 9.47 Å². The fraction of sp³-hybridized carbons (Fsp3) is 0.160. The maximum Gasteiger partial charge on any atom is 0.355 e. The Morgan fingerprint density at radius 3 is 2.38 bits per heavy atom. The van der Waals surface area contributed by atoms with Gasteiger partial charge in [-0.3, -0.25) is 4.79 Å². The Labute approximate surface area is 186 Å². The molecule has 1 amide bonds. The molecule has 0 fully saturated rings. The molecule has 0 atom stereocenters. The van der Waals surface area contributed by atoms with Gasteiger partial charge in [-0.1, -0.05) is 42.5 Å². The number of ether oxygens (including phenoxy) is 2. The molecule has 1 N–H and O–H groups in total. The molecule has 0 radical (unpaired) electrons. The van der Waals surface area contributed by atoms with Crippen molar-refractivity contribution >= 4 is 23.5 Å². The second kappa shape index (κ2) is 10.8. The summed E-state index contributed by atoms with van der Waals surface area (Å²) in [5, 5.41) is 2.91. The molecule has 7 nitrogen and oxygen atoms in total. The predicted molar refractivity (Wildman–Crippen MR) is 121 cm³/mol. The van der Waals surface area contributed by atoms with Crippen LogP contribution in [0.3, 0.4) is 0 Å². The van der Waals surface area contributed by atoms with E-state index in [-0.39, 0.29) is 17.2 Å². The van der Waals surface area contributed by atoms with Crippen LogP contribution in [-0.4, -0.2) is 38.6 Å². The van der Waals surface area contributed by atoms with Gasteiger partial charge in [-0.2, -0.15) is 0 Å². The van der Waals surface area contributed by atoms with Crippen LogP contribution in [0, 0.1) is 0 Å². The number of amides is 1. The Morgan fingerprint density at radius 1 is 0.906 bits per heavy atom. The molecule has 7 heteroatoms. The summed E-state index contributed by atoms with van der Waals surface area (Å²) in [6, 6.07) is 16.6. The van der Waals surface area contributed by atoms with Crippen LogP contribution in [0.25, 0.3) is 0 Å². The lowest BCUT2D eigenvalue weighted by atomic mass is 10.1. The Kier molecular flexibility index (Phi) is 7.59. The van der Waals surface area contributed by atoms with Crippen molar-refractivity contribution in [1.82, 2.24) is 5.32 Å². The van der Waals surface area contributed by atoms with Crippen molar-refractivity contribution in [3.63, 3.8) is 0 Å². The lowest BCUT2D eigenvalue weighted by Crippen LogP contribution is -2.28. The minimum atomic E-state index is -0.709. The summed E-state index contributed by atoms with van der Waals surface area (Å²) >= 11 is 0. The number of rotatable bonds is 7. The zero-order chi connectivity index (χ0) is 22.9. The van der Waals surface area contributed by atoms with Gasteiger partial charge in [-0.25, -0.2) is 9.59 Å². The predicted octanol–water partition coefficient (Wildman–Crippen LogP) is 3.15. The fourth-order valence-corrected chi connectivity index (χ4v) is 3.23. The van der Waals surface area contributed by atoms with E-state index in [1.54, 1.807) is 42.6 Å². The van der Waals surface area contributed by atoms with Crippen molar-refractivity contribution < 1.29 is 23.9 Å². The highest BCUT2D eigenvalue weighted by atomic mass is 16.5. The standard InChI is InChI=1S/C25H24N2O5/c1-31-24(29)21-13-6-7-16-27(22(21)25(30)32-2)20-12-8-11-19(17-20)23(28)26-15-14-18-9-4-3-5-10-18/h3-13,16-17H,14-15H2,1-2H3,(H,26,28). The molecule has 2 aromatic rings. The summed E-state index contributed by atoms with van der Waals surface area (Å²) < 4.78 is 9.72. The minimum Gasteiger partial charge on any atom is -0.465 e. The van der Waals surface area contributed by atoms with E-state index in [1.807, 2.05) is 30.3 Å². The number of carbonyl (C=O) groups excluding carboxylic acids is 3. The highest BCUT2D eigenvalue weighted by Crippen LogP contribution is 2.27. The summed E-state index contributed by atoms with van der Waals surface area (Å²) in [4.78, 5) is 39.0. The molecule has 0 saturated heterocycles. The SMILES string of the molecule is COC(=O)C1=C(C(=O)OC)N(c2cccc(C(=O)NCCc3ccccc3)c2)C=CC=C1. The summed E-state index contributed by atoms with van der Waals surface area (Å²) in [6.07, 6.45) is 7.10. The largest absolute Gasteiger partial charge is 0.465 e. The number of hydrogen-bond acceptors (Lipinski definition) is 6. The average molecular weight is 432 g/mol. The smallest absolute Gasteiger partial charge is 0.355 e. The lowest BCUT2D eigenvalue weighted by molar-refractivity contribution is -0.139. The molecule has 164 valence electrons. The number of benzene rings is 2. The first-order valence-corrected chi connectivity index (χ1v) is 10.0. The zero-order valence-electron chi connectivity index (χ0n) is 17.9. The summed E-state index contributed by atoms with van der Waals surface area (Å²) in [6.45, 7) is 0.487. The molecule has 2 aromatic carbocycles. The van der Waals surface area contributed by atoms with Crippen LogP contribution in [0.15, 0.2) is 90.3 Å². The summed E-state index contributed by atoms with van der Waals surface area (Å²) in [7, 11) is 2.47. The zero-order valence-corrected chi connectivity index (χ0v) is 17.9. The maximum absolute atomic E-state index is 12.7. The van der Waals surface area contributed by atoms with E-state index in [9.17, 15) is 14.4 Å². The van der Waals surface area contributed by atoms with Gasteiger partial charge < -0.3 is 19.7 Å². The second-order valence-electron chi connectivity index (χ2n) is 6.86. The molecule has 1 aliphatic rings. The highest BCUT2D eigenvalue weighted by molar-refractivity contribution is 6.05. The monoisotopic (exact) mass is 432 g/mol. The number of hydrogen-bond donors (Lipinski definition) is 1. The van der Waals surface area contributed by atoms with E-state index < -0.39 is 11.9 Å². The first-order chi connectivity index (χ1) is 15.5. The molecule has 0 unspecified atom stereocenters. The first-order valence-electron chi connectivity index (χ1n) is 10.0. The van der Waals surface area contributed by atoms with Crippen LogP contribution < -0.4 is 10.2 Å². The normalized spacial score (nSPS) is 12.9. The Hall–Kier alpha value is -4.13. The molecule has 3 rings (SSSR count). The van der Waals surface area contributed by atoms with Crippen LogP contribution in [0.5, 0.6) is 0 Å². The van der Waals surface area contributed by atoms with Gasteiger partial charge in [0, 0.05) is 24.0 Å². The maximum atomic E-state index is 12.7. The van der Waals surface area contributed by atoms with Crippen LogP contribution in [0.2, 0.25) is 0 Å². The number of nitrogens with one attached hydrogen (secondary N) is 1. The molecular weight excluding hydrogens is 408 g/mol. The number of esters is 2. The first kappa shape index (κ1) is 22.6. The van der Waals surface area contributed by atoms with Crippen LogP contribution in [0.1, 0.15) is 15.9 Å². The van der Waals surface area contributed by atoms with Crippen molar-refractivity contribution in [2.45, 2.75) is 6.42 Å². The van der Waals surface area contributed by atoms with Crippen molar-refractivity contribution in [1.29, 1.82) is 0 Å². The van der Waals surface area contributed by atoms with E-state index >= 15 is 0 Å². The van der Waals surface area contributed by atoms with E-state index in [2.05, 4.69) is 5.32 Å². The number of allylic oxidation sites excluding steroid dienone is 2. The van der Waals surface area contributed by atoms with Crippen molar-refractivity contribution in [2.75, 3.05) is 25.7 Å². The van der Waals surface area contributed by atoms with Crippen LogP contribution in [0.4, 0.5) is 5.69 Å². The molecular formula is C25H24N2O5. The van der Waals surface area contributed by atoms with E-state index in [1.165, 1.54) is 25.2 Å². The van der Waals surface area contributed by atoms with Crippen molar-refractivity contribution in [2.24, 2.45) is 0 Å². The van der Waals surface area contributed by atoms with Crippen molar-refractivity contribution in [3.05, 3.63) is 101 Å². The molecule has 0 aromatic heterocycles. The van der Waals surface area contributed by atoms with Gasteiger partial charge in [0.25, 0.3) is 5.91 Å². The quantitative estimate of drug-likeness (QED) is 0.677. The van der Waals surface area contributed by atoms with Crippen molar-refractivity contribution in [3.8, 4) is 0 Å². The van der Waals surface area contributed by atoms with E-state index in [0.717, 1.165) is 5.56 Å². The molecule has 0 bridgehead atoms. The molecule has 32 heavy (non-hydrogen) atoms. The lowest BCUT2D eigenvalue weighted by Gasteiger charge is -2.23. The van der Waals surface area contributed by atoms with Gasteiger partial charge in [0.15, 0.2) is 0 Å². The van der Waals surface area contributed by atoms with Gasteiger partial charge in [0.1, 0.15) is 5.70 Å². The second-order valence-corrected chi connectivity index (χ2v) is 6.86. The summed E-state index contributed by atoms with van der Waals surface area (Å²) in [5.41, 5.74) is 2.10. The number of carbonyl (C=O) groups is 3. The average Bonchev–Trinajstić information content (AvgIpc) is 3.07. The number of anilines is 1. The third-order valence-electron chi connectivity index (χ3n) is 4.82. The fourth-order valence-electron chi connectivity index (χ4n) is 3.23. The topological polar surface area (TPSA) is 84.9 Å². The third kappa shape index (κ3) is 5.31. The highest BCUT2D eigenvalue weighted by Gasteiger charge is 2.27. The number of methoxy groups -OCH3 is 2. The van der Waals surface area contributed by atoms with Gasteiger partial charge in [0.2, 0.25) is 0 Å².